The van der Waals surface area contributed by atoms with E-state index < -0.39 is 143 Å². The van der Waals surface area contributed by atoms with E-state index in [0.29, 0.717) is 4.57 Å². The van der Waals surface area contributed by atoms with Crippen molar-refractivity contribution in [2.75, 3.05) is 26.4 Å². The molecule has 2 amide bonds. The highest BCUT2D eigenvalue weighted by atomic mass is 31.2. The van der Waals surface area contributed by atoms with Crippen molar-refractivity contribution in [3.8, 4) is 11.5 Å². The Morgan fingerprint density at radius 3 is 1.61 bits per heavy atom. The number of aromatic nitrogens is 2. The van der Waals surface area contributed by atoms with E-state index >= 15 is 8.78 Å². The summed E-state index contributed by atoms with van der Waals surface area (Å²) in [5.41, 5.74) is -7.53. The molecule has 1 aromatic heterocycles. The van der Waals surface area contributed by atoms with Gasteiger partial charge in [-0.05, 0) is 58.0 Å². The predicted molar refractivity (Wildman–Crippen MR) is 240 cm³/mol. The van der Waals surface area contributed by atoms with E-state index in [4.69, 9.17) is 46.5 Å². The number of benzene rings is 2. The number of nitrogens with one attached hydrogen (secondary N) is 4. The van der Waals surface area contributed by atoms with Crippen molar-refractivity contribution in [1.29, 1.82) is 0 Å². The lowest BCUT2D eigenvalue weighted by Crippen LogP contribution is -2.54. The molecular weight excluding hydrogens is 1000 g/mol. The van der Waals surface area contributed by atoms with Crippen LogP contribution in [-0.2, 0) is 65.8 Å². The summed E-state index contributed by atoms with van der Waals surface area (Å²) in [4.78, 5) is 94.3. The Balaban J connectivity index is 1.21. The number of aromatic amines is 1. The van der Waals surface area contributed by atoms with Gasteiger partial charge in [-0.2, -0.15) is 10.2 Å². The minimum absolute atomic E-state index is 0.0768. The van der Waals surface area contributed by atoms with E-state index in [-0.39, 0.29) is 17.2 Å². The van der Waals surface area contributed by atoms with E-state index in [2.05, 4.69) is 22.1 Å². The van der Waals surface area contributed by atoms with Gasteiger partial charge in [0.2, 0.25) is 0 Å². The normalized spacial score (nSPS) is 34.5. The topological polar surface area (TPSA) is 306 Å². The first-order valence-electron chi connectivity index (χ1n) is 21.7. The van der Waals surface area contributed by atoms with E-state index in [1.807, 2.05) is 4.98 Å². The number of hydrogen-bond donors (Lipinski definition) is 4. The zero-order valence-electron chi connectivity index (χ0n) is 38.5. The molecule has 0 bridgehead atoms. The summed E-state index contributed by atoms with van der Waals surface area (Å²) >= 11 is 0. The third-order valence-corrected chi connectivity index (χ3v) is 14.3. The second-order valence-corrected chi connectivity index (χ2v) is 20.1. The standard InChI is InChI=1S/C43H48F2N6O19P2/c1-24-16-18-50(40(57)46-24)38-42(4,44)34-29(65-38)20-63-71(59,69-27-12-8-6-9-13-27)48-25(2)37(56)62-23-33(54)68-35-30(66-39(43(35,5)45)51-19-17-31(52)47-41(51)58)21-64-72(60,70-28-14-10-7-11-15-28)49-26(3)36(55)61-22-32(53)67-34/h6-19,25-26,29-30,34-35,38-39H,1,20-23H2,2-5H3,(H,46,57)(H,48,59)(H,49,60)(H,47,52,58)/t25-,26+,29-,30-,34-,35-,38-,39-,42-,43?,71?,72+/m1/s1. The highest BCUT2D eigenvalue weighted by molar-refractivity contribution is 7.52. The van der Waals surface area contributed by atoms with Crippen LogP contribution in [-0.4, -0.2) is 125 Å². The highest BCUT2D eigenvalue weighted by Gasteiger charge is 2.61. The van der Waals surface area contributed by atoms with Gasteiger partial charge in [0.1, 0.15) is 35.8 Å². The van der Waals surface area contributed by atoms with E-state index in [1.54, 1.807) is 12.1 Å². The summed E-state index contributed by atoms with van der Waals surface area (Å²) in [7, 11) is -9.73. The number of halogens is 2. The summed E-state index contributed by atoms with van der Waals surface area (Å²) in [6.07, 6.45) is -8.10. The smallest absolute Gasteiger partial charge is 0.453 e. The molecule has 0 spiro atoms. The second-order valence-electron chi connectivity index (χ2n) is 16.7. The maximum atomic E-state index is 17.1. The fraction of sp³-hybridized carbons (Fsp3) is 0.419. The third kappa shape index (κ3) is 12.4. The average Bonchev–Trinajstić information content (AvgIpc) is 3.71. The minimum Gasteiger partial charge on any atom is -0.453 e. The van der Waals surface area contributed by atoms with Crippen LogP contribution in [0, 0.1) is 0 Å². The molecule has 3 aromatic rings. The molecule has 3 saturated heterocycles. The summed E-state index contributed by atoms with van der Waals surface area (Å²) in [6.45, 7) is 3.26. The molecule has 0 radical (unpaired) electrons. The Hall–Kier alpha value is -6.57. The summed E-state index contributed by atoms with van der Waals surface area (Å²) in [6, 6.07) is 11.3. The van der Waals surface area contributed by atoms with Crippen molar-refractivity contribution in [1.82, 2.24) is 29.9 Å². The molecule has 5 heterocycles. The number of cyclic esters (lactones) is 2. The molecule has 0 saturated carbocycles. The fourth-order valence-corrected chi connectivity index (χ4v) is 10.5. The number of esters is 4. The molecule has 25 nitrogen and oxygen atoms in total. The van der Waals surface area contributed by atoms with Crippen molar-refractivity contribution in [3.05, 3.63) is 118 Å². The molecule has 4 aliphatic rings. The molecular formula is C43H48F2N6O19P2. The molecule has 29 heteroatoms. The number of rotatable bonds is 6. The number of H-pyrrole nitrogens is 1. The van der Waals surface area contributed by atoms with Crippen LogP contribution in [0.5, 0.6) is 11.5 Å². The molecule has 4 N–H and O–H groups in total. The molecule has 2 aromatic carbocycles. The number of carbonyl (C=O) groups is 5. The van der Waals surface area contributed by atoms with Crippen LogP contribution in [0.4, 0.5) is 13.6 Å². The van der Waals surface area contributed by atoms with Crippen LogP contribution in [0.1, 0.15) is 33.9 Å². The van der Waals surface area contributed by atoms with Gasteiger partial charge in [0.05, 0.1) is 13.2 Å². The van der Waals surface area contributed by atoms with Gasteiger partial charge in [-0.25, -0.2) is 37.1 Å². The van der Waals surface area contributed by atoms with Gasteiger partial charge in [-0.15, -0.1) is 0 Å². The maximum Gasteiger partial charge on any atom is 0.459 e. The zero-order valence-corrected chi connectivity index (χ0v) is 40.3. The zero-order chi connectivity index (χ0) is 52.2. The number of para-hydroxylation sites is 2. The molecule has 72 heavy (non-hydrogen) atoms. The van der Waals surface area contributed by atoms with Gasteiger partial charge in [0, 0.05) is 24.2 Å². The molecule has 2 unspecified atom stereocenters. The number of nitrogens with zero attached hydrogens (tertiary/aromatic N) is 2. The number of hydrogen-bond acceptors (Lipinski definition) is 19. The Morgan fingerprint density at radius 2 is 1.15 bits per heavy atom. The number of carbonyl (C=O) groups excluding carboxylic acids is 5. The van der Waals surface area contributed by atoms with E-state index in [9.17, 15) is 42.7 Å². The van der Waals surface area contributed by atoms with E-state index in [1.165, 1.54) is 54.6 Å². The number of allylic oxidation sites excluding steroid dienone is 1. The van der Waals surface area contributed by atoms with Crippen molar-refractivity contribution in [3.63, 3.8) is 0 Å². The van der Waals surface area contributed by atoms with Gasteiger partial charge in [-0.1, -0.05) is 43.0 Å². The molecule has 0 aliphatic carbocycles. The quantitative estimate of drug-likeness (QED) is 0.157. The number of fused-ring (bicyclic) bond motifs is 2. The molecule has 3 fully saturated rings. The summed E-state index contributed by atoms with van der Waals surface area (Å²) in [5, 5.41) is 7.07. The van der Waals surface area contributed by atoms with Gasteiger partial charge < -0.3 is 42.8 Å². The Kier molecular flexibility index (Phi) is 16.0. The Bertz CT molecular complexity index is 2800. The molecule has 12 atom stereocenters. The second kappa shape index (κ2) is 21.6. The first kappa shape index (κ1) is 53.2. The van der Waals surface area contributed by atoms with Crippen LogP contribution in [0.25, 0.3) is 0 Å². The fourth-order valence-electron chi connectivity index (χ4n) is 7.54. The lowest BCUT2D eigenvalue weighted by Gasteiger charge is -2.34. The third-order valence-electron chi connectivity index (χ3n) is 11.0. The summed E-state index contributed by atoms with van der Waals surface area (Å²) in [5.74, 6) is -5.54. The number of ether oxygens (including phenoxy) is 6. The lowest BCUT2D eigenvalue weighted by atomic mass is 9.97. The van der Waals surface area contributed by atoms with Crippen molar-refractivity contribution >= 4 is 45.4 Å². The maximum absolute atomic E-state index is 17.1. The van der Waals surface area contributed by atoms with Gasteiger partial charge in [-0.3, -0.25) is 37.9 Å². The van der Waals surface area contributed by atoms with Gasteiger partial charge in [0.15, 0.2) is 49.2 Å². The van der Waals surface area contributed by atoms with E-state index in [0.717, 1.165) is 51.1 Å². The van der Waals surface area contributed by atoms with Crippen molar-refractivity contribution < 1.29 is 88.4 Å². The average molecular weight is 1050 g/mol. The molecule has 7 rings (SSSR count). The highest BCUT2D eigenvalue weighted by Crippen LogP contribution is 2.50. The first-order chi connectivity index (χ1) is 34.0. The van der Waals surface area contributed by atoms with Crippen LogP contribution in [0.2, 0.25) is 0 Å². The monoisotopic (exact) mass is 1050 g/mol. The number of alkyl halides is 2. The first-order valence-corrected chi connectivity index (χ1v) is 24.8. The van der Waals surface area contributed by atoms with Crippen LogP contribution < -0.4 is 35.8 Å². The van der Waals surface area contributed by atoms with Crippen LogP contribution in [0.15, 0.2) is 107 Å². The largest absolute Gasteiger partial charge is 0.459 e. The van der Waals surface area contributed by atoms with Crippen molar-refractivity contribution in [2.24, 2.45) is 0 Å². The predicted octanol–water partition coefficient (Wildman–Crippen LogP) is 2.96. The Labute approximate surface area is 407 Å². The SMILES string of the molecule is C=C1C=CN([C@@H]2O[C@@H]3COP(=O)(Oc4ccccc4)N[C@H](C)C(=O)OCC(=O)O[C@@H]4[C@@H](CO[P@](=O)(Oc5ccccc5)N[C@@H](C)C(=O)OCC(=O)O[C@H]3[C@@]2(C)F)O[C@@H](n2ccc(=O)[nH]c2=O)C4(C)F)C(=O)N1. The molecule has 4 aliphatic heterocycles. The van der Waals surface area contributed by atoms with Crippen LogP contribution >= 0.6 is 15.5 Å². The van der Waals surface area contributed by atoms with Gasteiger partial charge >= 0.3 is 51.1 Å². The number of amides is 2. The van der Waals surface area contributed by atoms with Gasteiger partial charge in [0.25, 0.3) is 5.56 Å². The van der Waals surface area contributed by atoms with Crippen molar-refractivity contribution in [2.45, 2.75) is 88.0 Å². The number of urea groups is 1. The summed E-state index contributed by atoms with van der Waals surface area (Å²) < 4.78 is 120. The van der Waals surface area contributed by atoms with Crippen LogP contribution in [0.3, 0.4) is 0 Å². The molecule has 388 valence electrons. The lowest BCUT2D eigenvalue weighted by molar-refractivity contribution is -0.169. The Morgan fingerprint density at radius 1 is 0.694 bits per heavy atom. The minimum atomic E-state index is -4.88.